The maximum atomic E-state index is 12.7. The van der Waals surface area contributed by atoms with Crippen LogP contribution in [0.3, 0.4) is 0 Å². The van der Waals surface area contributed by atoms with E-state index < -0.39 is 0 Å². The number of likely N-dealkylation sites (tertiary alicyclic amines) is 1. The van der Waals surface area contributed by atoms with Gasteiger partial charge >= 0.3 is 0 Å². The monoisotopic (exact) mass is 365 g/mol. The van der Waals surface area contributed by atoms with Gasteiger partial charge in [-0.2, -0.15) is 0 Å². The van der Waals surface area contributed by atoms with Crippen LogP contribution in [0.1, 0.15) is 24.0 Å². The van der Waals surface area contributed by atoms with Crippen LogP contribution in [-0.2, 0) is 17.6 Å². The molecule has 27 heavy (non-hydrogen) atoms. The van der Waals surface area contributed by atoms with Gasteiger partial charge in [-0.05, 0) is 54.9 Å². The van der Waals surface area contributed by atoms with Crippen molar-refractivity contribution in [1.82, 2.24) is 4.90 Å². The molecule has 2 fully saturated rings. The standard InChI is InChI=1S/C23H27NO3/c1-26-21-11-10-17(14-22(21)27-2)9-6-12-24-20(18-15-19(18)23(24)25)13-16-7-4-3-5-8-16/h3-5,7-8,10-11,14,18-20H,6,9,12-13,15H2,1-2H3. The highest BCUT2D eigenvalue weighted by Crippen LogP contribution is 2.51. The summed E-state index contributed by atoms with van der Waals surface area (Å²) in [7, 11) is 3.31. The molecule has 4 nitrogen and oxygen atoms in total. The highest BCUT2D eigenvalue weighted by Gasteiger charge is 2.57. The fraction of sp³-hybridized carbons (Fsp3) is 0.435. The van der Waals surface area contributed by atoms with Crippen LogP contribution in [0, 0.1) is 11.8 Å². The van der Waals surface area contributed by atoms with Gasteiger partial charge in [-0.15, -0.1) is 0 Å². The Labute approximate surface area is 161 Å². The molecule has 2 aromatic carbocycles. The number of nitrogens with zero attached hydrogens (tertiary/aromatic N) is 1. The van der Waals surface area contributed by atoms with Crippen molar-refractivity contribution < 1.29 is 14.3 Å². The maximum Gasteiger partial charge on any atom is 0.226 e. The third-order valence-electron chi connectivity index (χ3n) is 5.93. The predicted octanol–water partition coefficient (Wildman–Crippen LogP) is 3.73. The minimum atomic E-state index is 0.291. The summed E-state index contributed by atoms with van der Waals surface area (Å²) in [6.45, 7) is 0.831. The van der Waals surface area contributed by atoms with Crippen LogP contribution in [0.4, 0.5) is 0 Å². The lowest BCUT2D eigenvalue weighted by atomic mass is 10.0. The van der Waals surface area contributed by atoms with Crippen LogP contribution in [-0.4, -0.2) is 37.6 Å². The van der Waals surface area contributed by atoms with Crippen molar-refractivity contribution in [2.24, 2.45) is 11.8 Å². The molecule has 4 rings (SSSR count). The van der Waals surface area contributed by atoms with E-state index >= 15 is 0 Å². The smallest absolute Gasteiger partial charge is 0.226 e. The summed E-state index contributed by atoms with van der Waals surface area (Å²) < 4.78 is 10.7. The zero-order chi connectivity index (χ0) is 18.8. The number of hydrogen-bond acceptors (Lipinski definition) is 3. The van der Waals surface area contributed by atoms with E-state index in [1.165, 1.54) is 11.1 Å². The van der Waals surface area contributed by atoms with Crippen molar-refractivity contribution in [3.05, 3.63) is 59.7 Å². The minimum absolute atomic E-state index is 0.291. The van der Waals surface area contributed by atoms with E-state index in [4.69, 9.17) is 9.47 Å². The van der Waals surface area contributed by atoms with E-state index in [1.54, 1.807) is 14.2 Å². The Morgan fingerprint density at radius 3 is 2.52 bits per heavy atom. The molecule has 0 radical (unpaired) electrons. The third kappa shape index (κ3) is 3.66. The Bertz CT molecular complexity index is 805. The summed E-state index contributed by atoms with van der Waals surface area (Å²) in [6, 6.07) is 17.0. The quantitative estimate of drug-likeness (QED) is 0.716. The average Bonchev–Trinajstić information content (AvgIpc) is 3.46. The summed E-state index contributed by atoms with van der Waals surface area (Å²) in [5.74, 6) is 2.74. The van der Waals surface area contributed by atoms with Gasteiger partial charge in [0.2, 0.25) is 5.91 Å². The van der Waals surface area contributed by atoms with Crippen molar-refractivity contribution in [2.45, 2.75) is 31.7 Å². The van der Waals surface area contributed by atoms with Gasteiger partial charge in [0.25, 0.3) is 0 Å². The number of amides is 1. The Hall–Kier alpha value is -2.49. The van der Waals surface area contributed by atoms with Crippen molar-refractivity contribution in [2.75, 3.05) is 20.8 Å². The van der Waals surface area contributed by atoms with Crippen molar-refractivity contribution in [3.63, 3.8) is 0 Å². The van der Waals surface area contributed by atoms with E-state index in [0.717, 1.165) is 43.7 Å². The van der Waals surface area contributed by atoms with Gasteiger partial charge in [-0.3, -0.25) is 4.79 Å². The molecular weight excluding hydrogens is 338 g/mol. The second-order valence-corrected chi connectivity index (χ2v) is 7.59. The second kappa shape index (κ2) is 7.63. The topological polar surface area (TPSA) is 38.8 Å². The molecule has 1 aliphatic heterocycles. The lowest BCUT2D eigenvalue weighted by Crippen LogP contribution is -2.39. The van der Waals surface area contributed by atoms with Gasteiger partial charge in [-0.1, -0.05) is 36.4 Å². The molecule has 1 saturated carbocycles. The molecule has 2 aliphatic rings. The van der Waals surface area contributed by atoms with E-state index in [9.17, 15) is 4.79 Å². The molecule has 1 saturated heterocycles. The van der Waals surface area contributed by atoms with Gasteiger partial charge in [0.1, 0.15) is 0 Å². The molecule has 1 heterocycles. The van der Waals surface area contributed by atoms with Crippen molar-refractivity contribution in [3.8, 4) is 11.5 Å². The molecule has 0 spiro atoms. The number of rotatable bonds is 8. The van der Waals surface area contributed by atoms with Gasteiger partial charge in [0.05, 0.1) is 14.2 Å². The molecule has 2 aromatic rings. The average molecular weight is 365 g/mol. The first-order chi connectivity index (χ1) is 13.2. The summed E-state index contributed by atoms with van der Waals surface area (Å²) in [5.41, 5.74) is 2.54. The number of carbonyl (C=O) groups is 1. The molecule has 1 aliphatic carbocycles. The van der Waals surface area contributed by atoms with E-state index in [0.29, 0.717) is 23.8 Å². The fourth-order valence-corrected chi connectivity index (χ4v) is 4.41. The molecule has 3 atom stereocenters. The molecule has 0 bridgehead atoms. The molecule has 142 valence electrons. The molecular formula is C23H27NO3. The number of piperidine rings is 1. The zero-order valence-corrected chi connectivity index (χ0v) is 16.1. The van der Waals surface area contributed by atoms with Crippen LogP contribution in [0.15, 0.2) is 48.5 Å². The number of ether oxygens (including phenoxy) is 2. The summed E-state index contributed by atoms with van der Waals surface area (Å²) in [5, 5.41) is 0. The lowest BCUT2D eigenvalue weighted by molar-refractivity contribution is -0.131. The molecule has 4 heteroatoms. The fourth-order valence-electron chi connectivity index (χ4n) is 4.41. The SMILES string of the molecule is COc1ccc(CCCN2C(=O)C3CC3C2Cc2ccccc2)cc1OC. The van der Waals surface area contributed by atoms with Crippen LogP contribution in [0.2, 0.25) is 0 Å². The maximum absolute atomic E-state index is 12.7. The van der Waals surface area contributed by atoms with Crippen LogP contribution >= 0.6 is 0 Å². The van der Waals surface area contributed by atoms with Crippen molar-refractivity contribution in [1.29, 1.82) is 0 Å². The molecule has 1 amide bonds. The first-order valence-corrected chi connectivity index (χ1v) is 9.76. The summed E-state index contributed by atoms with van der Waals surface area (Å²) in [6.07, 6.45) is 3.95. The van der Waals surface area contributed by atoms with Gasteiger partial charge in [0, 0.05) is 18.5 Å². The molecule has 0 N–H and O–H groups in total. The number of methoxy groups -OCH3 is 2. The predicted molar refractivity (Wildman–Crippen MR) is 105 cm³/mol. The highest BCUT2D eigenvalue weighted by molar-refractivity contribution is 5.85. The second-order valence-electron chi connectivity index (χ2n) is 7.59. The van der Waals surface area contributed by atoms with E-state index in [1.807, 2.05) is 18.2 Å². The van der Waals surface area contributed by atoms with E-state index in [2.05, 4.69) is 35.2 Å². The van der Waals surface area contributed by atoms with Crippen LogP contribution < -0.4 is 9.47 Å². The summed E-state index contributed by atoms with van der Waals surface area (Å²) in [4.78, 5) is 14.8. The normalized spacial score (nSPS) is 23.3. The molecule has 3 unspecified atom stereocenters. The number of carbonyl (C=O) groups excluding carboxylic acids is 1. The Kier molecular flexibility index (Phi) is 5.06. The van der Waals surface area contributed by atoms with Crippen LogP contribution in [0.5, 0.6) is 11.5 Å². The first kappa shape index (κ1) is 17.9. The van der Waals surface area contributed by atoms with Crippen LogP contribution in [0.25, 0.3) is 0 Å². The Balaban J connectivity index is 1.37. The van der Waals surface area contributed by atoms with Gasteiger partial charge in [0.15, 0.2) is 11.5 Å². The number of benzene rings is 2. The Morgan fingerprint density at radius 2 is 1.78 bits per heavy atom. The van der Waals surface area contributed by atoms with E-state index in [-0.39, 0.29) is 0 Å². The third-order valence-corrected chi connectivity index (χ3v) is 5.93. The zero-order valence-electron chi connectivity index (χ0n) is 16.1. The number of fused-ring (bicyclic) bond motifs is 1. The number of aryl methyl sites for hydroxylation is 1. The minimum Gasteiger partial charge on any atom is -0.493 e. The van der Waals surface area contributed by atoms with Gasteiger partial charge in [-0.25, -0.2) is 0 Å². The molecule has 0 aromatic heterocycles. The first-order valence-electron chi connectivity index (χ1n) is 9.76. The lowest BCUT2D eigenvalue weighted by Gasteiger charge is -2.28. The highest BCUT2D eigenvalue weighted by atomic mass is 16.5. The largest absolute Gasteiger partial charge is 0.493 e. The Morgan fingerprint density at radius 1 is 1.00 bits per heavy atom. The van der Waals surface area contributed by atoms with Gasteiger partial charge < -0.3 is 14.4 Å². The van der Waals surface area contributed by atoms with Crippen molar-refractivity contribution >= 4 is 5.91 Å². The number of hydrogen-bond donors (Lipinski definition) is 0. The summed E-state index contributed by atoms with van der Waals surface area (Å²) >= 11 is 0.